The number of carbonyl (C=O) groups is 2. The molecule has 2 unspecified atom stereocenters. The summed E-state index contributed by atoms with van der Waals surface area (Å²) in [6, 6.07) is 7.92. The van der Waals surface area contributed by atoms with E-state index in [1.807, 2.05) is 18.4 Å². The van der Waals surface area contributed by atoms with Gasteiger partial charge in [0.05, 0.1) is 12.9 Å². The molecule has 2 fully saturated rings. The lowest BCUT2D eigenvalue weighted by molar-refractivity contribution is -0.163. The van der Waals surface area contributed by atoms with Gasteiger partial charge in [-0.1, -0.05) is 36.8 Å². The van der Waals surface area contributed by atoms with Crippen molar-refractivity contribution in [2.24, 2.45) is 17.3 Å². The molecule has 32 heavy (non-hydrogen) atoms. The van der Waals surface area contributed by atoms with Gasteiger partial charge in [-0.2, -0.15) is 0 Å². The third-order valence-electron chi connectivity index (χ3n) is 8.78. The molecule has 1 aromatic rings. The van der Waals surface area contributed by atoms with Gasteiger partial charge in [0.2, 0.25) is 0 Å². The maximum absolute atomic E-state index is 11.8. The Morgan fingerprint density at radius 2 is 2.03 bits per heavy atom. The topological polar surface area (TPSA) is 72.8 Å². The van der Waals surface area contributed by atoms with E-state index in [1.54, 1.807) is 0 Å². The van der Waals surface area contributed by atoms with Crippen LogP contribution in [-0.4, -0.2) is 36.2 Å². The van der Waals surface area contributed by atoms with Gasteiger partial charge in [0.1, 0.15) is 18.5 Å². The van der Waals surface area contributed by atoms with Gasteiger partial charge in [-0.25, -0.2) is 0 Å². The van der Waals surface area contributed by atoms with E-state index >= 15 is 0 Å². The van der Waals surface area contributed by atoms with Crippen molar-refractivity contribution in [2.75, 3.05) is 13.2 Å². The van der Waals surface area contributed by atoms with Gasteiger partial charge in [-0.05, 0) is 60.6 Å². The van der Waals surface area contributed by atoms with Gasteiger partial charge in [0.15, 0.2) is 0 Å². The first-order valence-corrected chi connectivity index (χ1v) is 11.8. The number of benzene rings is 1. The van der Waals surface area contributed by atoms with Crippen molar-refractivity contribution in [1.82, 2.24) is 0 Å². The van der Waals surface area contributed by atoms with Crippen molar-refractivity contribution in [3.63, 3.8) is 0 Å². The summed E-state index contributed by atoms with van der Waals surface area (Å²) in [6.45, 7) is 4.38. The first kappa shape index (κ1) is 21.4. The van der Waals surface area contributed by atoms with Crippen LogP contribution in [0, 0.1) is 17.3 Å². The van der Waals surface area contributed by atoms with E-state index < -0.39 is 5.60 Å². The highest BCUT2D eigenvalue weighted by molar-refractivity contribution is 5.74. The van der Waals surface area contributed by atoms with E-state index in [0.717, 1.165) is 38.4 Å². The van der Waals surface area contributed by atoms with Gasteiger partial charge in [-0.15, -0.1) is 0 Å². The number of ether oxygens (including phenoxy) is 2. The molecule has 3 aliphatic carbocycles. The molecule has 1 heterocycles. The van der Waals surface area contributed by atoms with Crippen LogP contribution in [0.15, 0.2) is 47.2 Å². The third kappa shape index (κ3) is 3.24. The number of aliphatic hydroxyl groups is 1. The molecule has 5 atom stereocenters. The van der Waals surface area contributed by atoms with Crippen LogP contribution in [0.4, 0.5) is 0 Å². The largest absolute Gasteiger partial charge is 0.501 e. The van der Waals surface area contributed by atoms with E-state index in [0.29, 0.717) is 30.4 Å². The zero-order valence-electron chi connectivity index (χ0n) is 18.9. The van der Waals surface area contributed by atoms with E-state index in [4.69, 9.17) is 9.47 Å². The minimum absolute atomic E-state index is 0.0593. The summed E-state index contributed by atoms with van der Waals surface area (Å²) in [4.78, 5) is 22.8. The molecule has 0 amide bonds. The Bertz CT molecular complexity index is 990. The smallest absolute Gasteiger partial charge is 0.302 e. The Balaban J connectivity index is 1.61. The summed E-state index contributed by atoms with van der Waals surface area (Å²) in [7, 11) is 0. The summed E-state index contributed by atoms with van der Waals surface area (Å²) >= 11 is 0. The highest BCUT2D eigenvalue weighted by atomic mass is 16.5. The molecule has 0 aromatic heterocycles. The van der Waals surface area contributed by atoms with E-state index in [-0.39, 0.29) is 23.9 Å². The van der Waals surface area contributed by atoms with Crippen LogP contribution in [0.5, 0.6) is 0 Å². The molecule has 1 aromatic carbocycles. The van der Waals surface area contributed by atoms with Crippen LogP contribution < -0.4 is 0 Å². The summed E-state index contributed by atoms with van der Waals surface area (Å²) < 4.78 is 11.0. The zero-order valence-corrected chi connectivity index (χ0v) is 18.9. The van der Waals surface area contributed by atoms with Crippen molar-refractivity contribution < 1.29 is 24.2 Å². The quantitative estimate of drug-likeness (QED) is 0.547. The maximum Gasteiger partial charge on any atom is 0.302 e. The minimum atomic E-state index is -1.02. The van der Waals surface area contributed by atoms with Crippen LogP contribution in [0.2, 0.25) is 0 Å². The normalized spacial score (nSPS) is 35.7. The van der Waals surface area contributed by atoms with Gasteiger partial charge in [0.25, 0.3) is 0 Å². The Labute approximate surface area is 189 Å². The predicted molar refractivity (Wildman–Crippen MR) is 120 cm³/mol. The first-order chi connectivity index (χ1) is 15.4. The number of hydrogen-bond donors (Lipinski definition) is 1. The standard InChI is InChI=1S/C27H32O5/c1-17(29)32-16-27(30)11-9-24-22-8-7-20-15-31-12-10-21(20)25(22)23(13-26(24,27)2)19-5-3-18(14-28)4-6-19/h3-6,14-15,22-24,30H,7-13,16H2,1-2H3/t22?,23-,24?,26+,27-/m1/s1. The Morgan fingerprint density at radius 3 is 2.75 bits per heavy atom. The first-order valence-electron chi connectivity index (χ1n) is 11.8. The molecule has 5 nitrogen and oxygen atoms in total. The number of aldehydes is 1. The van der Waals surface area contributed by atoms with Crippen molar-refractivity contribution in [3.8, 4) is 0 Å². The highest BCUT2D eigenvalue weighted by Gasteiger charge is 2.63. The maximum atomic E-state index is 11.8. The van der Waals surface area contributed by atoms with Crippen LogP contribution in [0.25, 0.3) is 0 Å². The molecule has 170 valence electrons. The monoisotopic (exact) mass is 436 g/mol. The van der Waals surface area contributed by atoms with Crippen molar-refractivity contribution in [3.05, 3.63) is 58.4 Å². The lowest BCUT2D eigenvalue weighted by Gasteiger charge is -2.54. The number of fused-ring (bicyclic) bond motifs is 4. The average molecular weight is 437 g/mol. The average Bonchev–Trinajstić information content (AvgIpc) is 3.08. The molecule has 0 spiro atoms. The molecule has 5 heteroatoms. The molecule has 0 bridgehead atoms. The number of carbonyl (C=O) groups excluding carboxylic acids is 2. The van der Waals surface area contributed by atoms with Crippen molar-refractivity contribution >= 4 is 12.3 Å². The zero-order chi connectivity index (χ0) is 22.5. The number of rotatable bonds is 4. The van der Waals surface area contributed by atoms with Gasteiger partial charge in [-0.3, -0.25) is 9.59 Å². The highest BCUT2D eigenvalue weighted by Crippen LogP contribution is 2.66. The Hall–Kier alpha value is -2.40. The summed E-state index contributed by atoms with van der Waals surface area (Å²) in [5.41, 5.74) is 4.79. The minimum Gasteiger partial charge on any atom is -0.501 e. The lowest BCUT2D eigenvalue weighted by Crippen LogP contribution is -2.54. The summed E-state index contributed by atoms with van der Waals surface area (Å²) in [5, 5.41) is 11.8. The molecule has 4 aliphatic rings. The van der Waals surface area contributed by atoms with Gasteiger partial charge in [0, 0.05) is 30.2 Å². The molecule has 0 saturated heterocycles. The van der Waals surface area contributed by atoms with E-state index in [2.05, 4.69) is 19.1 Å². The SMILES string of the molecule is CC(=O)OC[C@]1(O)CCC2C3CCC4=COCCC4=C3[C@@H](c3ccc(C=O)cc3)C[C@@]21C. The fourth-order valence-electron chi connectivity index (χ4n) is 7.10. The predicted octanol–water partition coefficient (Wildman–Crippen LogP) is 4.71. The second-order valence-electron chi connectivity index (χ2n) is 10.3. The van der Waals surface area contributed by atoms with Crippen molar-refractivity contribution in [1.29, 1.82) is 0 Å². The van der Waals surface area contributed by atoms with E-state index in [9.17, 15) is 14.7 Å². The van der Waals surface area contributed by atoms with Crippen LogP contribution in [0.3, 0.4) is 0 Å². The fourth-order valence-corrected chi connectivity index (χ4v) is 7.10. The second-order valence-corrected chi connectivity index (χ2v) is 10.3. The van der Waals surface area contributed by atoms with Gasteiger partial charge >= 0.3 is 5.97 Å². The molecule has 0 radical (unpaired) electrons. The van der Waals surface area contributed by atoms with Gasteiger partial charge < -0.3 is 14.6 Å². The molecular formula is C27H32O5. The molecular weight excluding hydrogens is 404 g/mol. The van der Waals surface area contributed by atoms with Crippen LogP contribution >= 0.6 is 0 Å². The summed E-state index contributed by atoms with van der Waals surface area (Å²) in [6.07, 6.45) is 8.23. The second kappa shape index (κ2) is 7.87. The molecule has 1 N–H and O–H groups in total. The number of esters is 1. The van der Waals surface area contributed by atoms with E-state index in [1.165, 1.54) is 29.2 Å². The fraction of sp³-hybridized carbons (Fsp3) is 0.556. The summed E-state index contributed by atoms with van der Waals surface area (Å²) in [5.74, 6) is 0.585. The lowest BCUT2D eigenvalue weighted by atomic mass is 9.51. The van der Waals surface area contributed by atoms with Crippen molar-refractivity contribution in [2.45, 2.75) is 63.9 Å². The van der Waals surface area contributed by atoms with Crippen LogP contribution in [-0.2, 0) is 14.3 Å². The Morgan fingerprint density at radius 1 is 1.25 bits per heavy atom. The number of allylic oxidation sites excluding steroid dienone is 2. The Kier molecular flexibility index (Phi) is 5.28. The number of hydrogen-bond acceptors (Lipinski definition) is 5. The molecule has 2 saturated carbocycles. The molecule has 1 aliphatic heterocycles. The van der Waals surface area contributed by atoms with Crippen LogP contribution in [0.1, 0.15) is 74.2 Å². The third-order valence-corrected chi connectivity index (χ3v) is 8.78. The molecule has 5 rings (SSSR count).